The number of amides is 1. The van der Waals surface area contributed by atoms with Crippen LogP contribution in [0.1, 0.15) is 11.1 Å². The number of carbonyl (C=O) groups is 1. The molecule has 0 bridgehead atoms. The number of rotatable bonds is 4. The largest absolute Gasteiger partial charge is 0.472 e. The molecule has 1 aliphatic rings. The fourth-order valence-electron chi connectivity index (χ4n) is 1.91. The molecule has 9 heteroatoms. The molecule has 1 fully saturated rings. The number of thiocarbonyl (C=S) groups is 1. The highest BCUT2D eigenvalue weighted by Crippen LogP contribution is 2.33. The standard InChI is InChI=1S/C15H9N3O4S2/c19-14-13(7-10-2-1-3-12(6-10)18(20)21)24-15(23)17(14)16-8-11-4-5-22-9-11/h1-9H. The van der Waals surface area contributed by atoms with Crippen LogP contribution in [0, 0.1) is 10.1 Å². The number of nitro groups is 1. The van der Waals surface area contributed by atoms with E-state index in [4.69, 9.17) is 16.6 Å². The van der Waals surface area contributed by atoms with Crippen molar-refractivity contribution < 1.29 is 14.1 Å². The molecule has 1 aromatic heterocycles. The number of benzene rings is 1. The van der Waals surface area contributed by atoms with Gasteiger partial charge in [-0.15, -0.1) is 0 Å². The second kappa shape index (κ2) is 6.77. The third kappa shape index (κ3) is 3.42. The zero-order chi connectivity index (χ0) is 17.1. The lowest BCUT2D eigenvalue weighted by Gasteiger charge is -2.05. The summed E-state index contributed by atoms with van der Waals surface area (Å²) in [5.74, 6) is -0.378. The second-order valence-electron chi connectivity index (χ2n) is 4.65. The molecule has 0 spiro atoms. The summed E-state index contributed by atoms with van der Waals surface area (Å²) in [4.78, 5) is 23.1. The molecule has 1 aromatic carbocycles. The Labute approximate surface area is 145 Å². The average Bonchev–Trinajstić information content (AvgIpc) is 3.15. The Balaban J connectivity index is 1.83. The zero-order valence-electron chi connectivity index (χ0n) is 12.0. The van der Waals surface area contributed by atoms with Crippen molar-refractivity contribution in [2.75, 3.05) is 0 Å². The van der Waals surface area contributed by atoms with E-state index < -0.39 is 4.92 Å². The highest BCUT2D eigenvalue weighted by molar-refractivity contribution is 8.26. The number of hydrogen-bond donors (Lipinski definition) is 0. The lowest BCUT2D eigenvalue weighted by atomic mass is 10.2. The fourth-order valence-corrected chi connectivity index (χ4v) is 3.08. The van der Waals surface area contributed by atoms with Gasteiger partial charge in [-0.25, -0.2) is 0 Å². The second-order valence-corrected chi connectivity index (χ2v) is 6.32. The molecule has 24 heavy (non-hydrogen) atoms. The Morgan fingerprint density at radius 2 is 2.17 bits per heavy atom. The van der Waals surface area contributed by atoms with Gasteiger partial charge >= 0.3 is 0 Å². The van der Waals surface area contributed by atoms with Gasteiger partial charge in [0.25, 0.3) is 11.6 Å². The van der Waals surface area contributed by atoms with Gasteiger partial charge in [-0.1, -0.05) is 23.9 Å². The van der Waals surface area contributed by atoms with Crippen LogP contribution in [0.5, 0.6) is 0 Å². The first-order valence-electron chi connectivity index (χ1n) is 6.63. The van der Waals surface area contributed by atoms with Crippen molar-refractivity contribution in [3.8, 4) is 0 Å². The average molecular weight is 359 g/mol. The Bertz CT molecular complexity index is 875. The van der Waals surface area contributed by atoms with E-state index in [-0.39, 0.29) is 15.9 Å². The number of non-ortho nitro benzene ring substituents is 1. The molecule has 1 amide bonds. The molecule has 0 saturated carbocycles. The van der Waals surface area contributed by atoms with Crippen LogP contribution in [0.4, 0.5) is 5.69 Å². The lowest BCUT2D eigenvalue weighted by molar-refractivity contribution is -0.384. The minimum Gasteiger partial charge on any atom is -0.472 e. The van der Waals surface area contributed by atoms with E-state index in [1.165, 1.54) is 30.9 Å². The Hall–Kier alpha value is -2.78. The SMILES string of the molecule is O=C1C(=Cc2cccc([N+](=O)[O-])c2)SC(=S)N1N=Cc1ccoc1. The maximum absolute atomic E-state index is 12.4. The van der Waals surface area contributed by atoms with Crippen LogP contribution in [0.3, 0.4) is 0 Å². The molecule has 1 saturated heterocycles. The summed E-state index contributed by atoms with van der Waals surface area (Å²) in [6, 6.07) is 7.70. The smallest absolute Gasteiger partial charge is 0.286 e. The predicted molar refractivity (Wildman–Crippen MR) is 94.4 cm³/mol. The first-order valence-corrected chi connectivity index (χ1v) is 7.85. The summed E-state index contributed by atoms with van der Waals surface area (Å²) in [6.45, 7) is 0. The van der Waals surface area contributed by atoms with E-state index in [1.807, 2.05) is 0 Å². The maximum Gasteiger partial charge on any atom is 0.286 e. The quantitative estimate of drug-likeness (QED) is 0.273. The summed E-state index contributed by atoms with van der Waals surface area (Å²) in [7, 11) is 0. The van der Waals surface area contributed by atoms with E-state index in [0.717, 1.165) is 16.8 Å². The Morgan fingerprint density at radius 3 is 2.88 bits per heavy atom. The summed E-state index contributed by atoms with van der Waals surface area (Å²) in [5, 5.41) is 16.0. The zero-order valence-corrected chi connectivity index (χ0v) is 13.6. The van der Waals surface area contributed by atoms with Crippen molar-refractivity contribution in [1.82, 2.24) is 5.01 Å². The molecule has 7 nitrogen and oxygen atoms in total. The van der Waals surface area contributed by atoms with Crippen molar-refractivity contribution in [3.05, 3.63) is 69.0 Å². The van der Waals surface area contributed by atoms with Crippen LogP contribution in [0.15, 0.2) is 57.3 Å². The highest BCUT2D eigenvalue weighted by atomic mass is 32.2. The summed E-state index contributed by atoms with van der Waals surface area (Å²) >= 11 is 6.24. The molecular formula is C15H9N3O4S2. The fraction of sp³-hybridized carbons (Fsp3) is 0. The highest BCUT2D eigenvalue weighted by Gasteiger charge is 2.32. The summed E-state index contributed by atoms with van der Waals surface area (Å²) in [6.07, 6.45) is 6.00. The van der Waals surface area contributed by atoms with Gasteiger partial charge in [0.15, 0.2) is 4.32 Å². The van der Waals surface area contributed by atoms with E-state index in [2.05, 4.69) is 5.10 Å². The van der Waals surface area contributed by atoms with Gasteiger partial charge in [0.05, 0.1) is 28.6 Å². The van der Waals surface area contributed by atoms with Gasteiger partial charge in [-0.05, 0) is 29.9 Å². The normalized spacial score (nSPS) is 16.5. The van der Waals surface area contributed by atoms with Crippen LogP contribution in [-0.2, 0) is 4.79 Å². The molecule has 120 valence electrons. The molecular weight excluding hydrogens is 350 g/mol. The molecule has 0 atom stereocenters. The maximum atomic E-state index is 12.4. The lowest BCUT2D eigenvalue weighted by Crippen LogP contribution is -2.22. The van der Waals surface area contributed by atoms with Crippen LogP contribution in [0.2, 0.25) is 0 Å². The number of nitrogens with zero attached hydrogens (tertiary/aromatic N) is 3. The van der Waals surface area contributed by atoms with Crippen LogP contribution in [0.25, 0.3) is 6.08 Å². The number of furan rings is 1. The van der Waals surface area contributed by atoms with Crippen molar-refractivity contribution in [2.24, 2.45) is 5.10 Å². The number of thioether (sulfide) groups is 1. The van der Waals surface area contributed by atoms with Crippen molar-refractivity contribution in [2.45, 2.75) is 0 Å². The van der Waals surface area contributed by atoms with Crippen molar-refractivity contribution >= 4 is 52.2 Å². The van der Waals surface area contributed by atoms with Crippen molar-refractivity contribution in [3.63, 3.8) is 0 Å². The number of hydrogen-bond acceptors (Lipinski definition) is 7. The van der Waals surface area contributed by atoms with E-state index >= 15 is 0 Å². The van der Waals surface area contributed by atoms with Crippen LogP contribution in [-0.4, -0.2) is 26.4 Å². The van der Waals surface area contributed by atoms with Gasteiger partial charge in [0, 0.05) is 17.7 Å². The number of hydrazone groups is 1. The molecule has 1 aliphatic heterocycles. The molecule has 0 N–H and O–H groups in total. The van der Waals surface area contributed by atoms with Crippen molar-refractivity contribution in [1.29, 1.82) is 0 Å². The first kappa shape index (κ1) is 16.1. The van der Waals surface area contributed by atoms with E-state index in [1.54, 1.807) is 24.3 Å². The predicted octanol–water partition coefficient (Wildman–Crippen LogP) is 3.42. The molecule has 2 aromatic rings. The Morgan fingerprint density at radius 1 is 1.33 bits per heavy atom. The third-order valence-electron chi connectivity index (χ3n) is 3.02. The monoisotopic (exact) mass is 359 g/mol. The number of carbonyl (C=O) groups excluding carboxylic acids is 1. The van der Waals surface area contributed by atoms with Gasteiger partial charge in [0.1, 0.15) is 0 Å². The van der Waals surface area contributed by atoms with E-state index in [0.29, 0.717) is 16.0 Å². The molecule has 2 heterocycles. The minimum atomic E-state index is -0.488. The molecule has 0 unspecified atom stereocenters. The summed E-state index contributed by atoms with van der Waals surface area (Å²) in [5.41, 5.74) is 1.20. The molecule has 0 radical (unpaired) electrons. The van der Waals surface area contributed by atoms with Gasteiger partial charge in [-0.3, -0.25) is 14.9 Å². The van der Waals surface area contributed by atoms with Crippen LogP contribution >= 0.6 is 24.0 Å². The first-order chi connectivity index (χ1) is 11.5. The molecule has 3 rings (SSSR count). The topological polar surface area (TPSA) is 89.0 Å². The third-order valence-corrected chi connectivity index (χ3v) is 4.30. The summed E-state index contributed by atoms with van der Waals surface area (Å²) < 4.78 is 5.20. The van der Waals surface area contributed by atoms with Gasteiger partial charge in [-0.2, -0.15) is 10.1 Å². The Kier molecular flexibility index (Phi) is 4.54. The minimum absolute atomic E-state index is 0.0443. The molecule has 0 aliphatic carbocycles. The number of nitro benzene ring substituents is 1. The van der Waals surface area contributed by atoms with Gasteiger partial charge < -0.3 is 4.42 Å². The van der Waals surface area contributed by atoms with Crippen LogP contribution < -0.4 is 0 Å². The van der Waals surface area contributed by atoms with Gasteiger partial charge in [0.2, 0.25) is 0 Å². The van der Waals surface area contributed by atoms with E-state index in [9.17, 15) is 14.9 Å².